The SMILES string of the molecule is CC(=O)N(C[C@@H]1CCCN1)C1CCCc2ccccc21. The van der Waals surface area contributed by atoms with Crippen LogP contribution in [0.15, 0.2) is 24.3 Å². The fourth-order valence-electron chi connectivity index (χ4n) is 3.68. The van der Waals surface area contributed by atoms with Crippen molar-refractivity contribution in [2.45, 2.75) is 51.1 Å². The molecule has 20 heavy (non-hydrogen) atoms. The number of rotatable bonds is 3. The molecule has 1 unspecified atom stereocenters. The lowest BCUT2D eigenvalue weighted by molar-refractivity contribution is -0.132. The van der Waals surface area contributed by atoms with Gasteiger partial charge >= 0.3 is 0 Å². The number of carbonyl (C=O) groups excluding carboxylic acids is 1. The maximum Gasteiger partial charge on any atom is 0.220 e. The molecule has 2 aliphatic rings. The molecule has 3 rings (SSSR count). The molecule has 0 radical (unpaired) electrons. The van der Waals surface area contributed by atoms with Crippen LogP contribution in [0.2, 0.25) is 0 Å². The number of aryl methyl sites for hydroxylation is 1. The molecule has 108 valence electrons. The van der Waals surface area contributed by atoms with E-state index in [0.717, 1.165) is 25.9 Å². The first kappa shape index (κ1) is 13.6. The van der Waals surface area contributed by atoms with Gasteiger partial charge in [0.25, 0.3) is 0 Å². The Labute approximate surface area is 121 Å². The van der Waals surface area contributed by atoms with Crippen molar-refractivity contribution in [1.29, 1.82) is 0 Å². The van der Waals surface area contributed by atoms with E-state index in [1.165, 1.54) is 30.4 Å². The van der Waals surface area contributed by atoms with Crippen LogP contribution in [0.5, 0.6) is 0 Å². The Morgan fingerprint density at radius 3 is 2.90 bits per heavy atom. The summed E-state index contributed by atoms with van der Waals surface area (Å²) in [5.74, 6) is 0.209. The number of nitrogens with one attached hydrogen (secondary N) is 1. The monoisotopic (exact) mass is 272 g/mol. The largest absolute Gasteiger partial charge is 0.334 e. The topological polar surface area (TPSA) is 32.3 Å². The first-order chi connectivity index (χ1) is 9.75. The third-order valence-electron chi connectivity index (χ3n) is 4.70. The van der Waals surface area contributed by atoms with E-state index in [-0.39, 0.29) is 11.9 Å². The normalized spacial score (nSPS) is 25.2. The van der Waals surface area contributed by atoms with Crippen LogP contribution >= 0.6 is 0 Å². The number of hydrogen-bond acceptors (Lipinski definition) is 2. The summed E-state index contributed by atoms with van der Waals surface area (Å²) in [6.45, 7) is 3.66. The van der Waals surface area contributed by atoms with Gasteiger partial charge < -0.3 is 10.2 Å². The molecular weight excluding hydrogens is 248 g/mol. The number of nitrogens with zero attached hydrogens (tertiary/aromatic N) is 1. The van der Waals surface area contributed by atoms with E-state index in [4.69, 9.17) is 0 Å². The maximum absolute atomic E-state index is 12.1. The van der Waals surface area contributed by atoms with Gasteiger partial charge in [-0.05, 0) is 49.8 Å². The van der Waals surface area contributed by atoms with Crippen molar-refractivity contribution in [2.24, 2.45) is 0 Å². The Bertz CT molecular complexity index is 480. The second-order valence-electron chi connectivity index (χ2n) is 6.07. The summed E-state index contributed by atoms with van der Waals surface area (Å²) in [5, 5.41) is 3.51. The second-order valence-corrected chi connectivity index (χ2v) is 6.07. The molecule has 0 aromatic heterocycles. The van der Waals surface area contributed by atoms with Crippen LogP contribution in [0.3, 0.4) is 0 Å². The quantitative estimate of drug-likeness (QED) is 0.917. The van der Waals surface area contributed by atoms with Crippen molar-refractivity contribution in [3.8, 4) is 0 Å². The summed E-state index contributed by atoms with van der Waals surface area (Å²) in [6, 6.07) is 9.39. The van der Waals surface area contributed by atoms with Gasteiger partial charge in [-0.1, -0.05) is 24.3 Å². The standard InChI is InChI=1S/C17H24N2O/c1-13(20)19(12-15-8-5-11-18-15)17-10-4-7-14-6-2-3-9-16(14)17/h2-3,6,9,15,17-18H,4-5,7-8,10-12H2,1H3/t15-,17?/m0/s1. The molecule has 3 heteroatoms. The molecule has 1 heterocycles. The fraction of sp³-hybridized carbons (Fsp3) is 0.588. The summed E-state index contributed by atoms with van der Waals surface area (Å²) in [6.07, 6.45) is 5.86. The van der Waals surface area contributed by atoms with E-state index in [0.29, 0.717) is 6.04 Å². The molecule has 1 aliphatic heterocycles. The van der Waals surface area contributed by atoms with Gasteiger partial charge in [0.05, 0.1) is 6.04 Å². The van der Waals surface area contributed by atoms with Crippen molar-refractivity contribution in [3.63, 3.8) is 0 Å². The van der Waals surface area contributed by atoms with Gasteiger partial charge in [0, 0.05) is 19.5 Å². The van der Waals surface area contributed by atoms with Crippen LogP contribution in [0.4, 0.5) is 0 Å². The van der Waals surface area contributed by atoms with Gasteiger partial charge in [-0.25, -0.2) is 0 Å². The highest BCUT2D eigenvalue weighted by molar-refractivity contribution is 5.74. The van der Waals surface area contributed by atoms with Crippen LogP contribution in [0, 0.1) is 0 Å². The average Bonchev–Trinajstić information content (AvgIpc) is 2.97. The fourth-order valence-corrected chi connectivity index (χ4v) is 3.68. The molecule has 1 fully saturated rings. The molecule has 3 nitrogen and oxygen atoms in total. The van der Waals surface area contributed by atoms with Crippen molar-refractivity contribution >= 4 is 5.91 Å². The Morgan fingerprint density at radius 2 is 2.15 bits per heavy atom. The van der Waals surface area contributed by atoms with Gasteiger partial charge in [-0.3, -0.25) is 4.79 Å². The van der Waals surface area contributed by atoms with Crippen molar-refractivity contribution in [1.82, 2.24) is 10.2 Å². The smallest absolute Gasteiger partial charge is 0.220 e. The highest BCUT2D eigenvalue weighted by Crippen LogP contribution is 2.34. The summed E-state index contributed by atoms with van der Waals surface area (Å²) in [7, 11) is 0. The summed E-state index contributed by atoms with van der Waals surface area (Å²) >= 11 is 0. The Morgan fingerprint density at radius 1 is 1.30 bits per heavy atom. The molecular formula is C17H24N2O. The Hall–Kier alpha value is -1.35. The van der Waals surface area contributed by atoms with Gasteiger partial charge in [-0.15, -0.1) is 0 Å². The van der Waals surface area contributed by atoms with Crippen molar-refractivity contribution in [3.05, 3.63) is 35.4 Å². The Kier molecular flexibility index (Phi) is 4.06. The van der Waals surface area contributed by atoms with E-state index in [2.05, 4.69) is 34.5 Å². The van der Waals surface area contributed by atoms with Crippen LogP contribution in [-0.4, -0.2) is 29.9 Å². The minimum absolute atomic E-state index is 0.209. The van der Waals surface area contributed by atoms with Crippen molar-refractivity contribution in [2.75, 3.05) is 13.1 Å². The number of benzene rings is 1. The number of hydrogen-bond donors (Lipinski definition) is 1. The van der Waals surface area contributed by atoms with Gasteiger partial charge in [0.15, 0.2) is 0 Å². The lowest BCUT2D eigenvalue weighted by atomic mass is 9.86. The molecule has 1 aromatic rings. The predicted molar refractivity (Wildman–Crippen MR) is 80.5 cm³/mol. The molecule has 1 amide bonds. The lowest BCUT2D eigenvalue weighted by Gasteiger charge is -2.37. The summed E-state index contributed by atoms with van der Waals surface area (Å²) in [5.41, 5.74) is 2.79. The van der Waals surface area contributed by atoms with Crippen LogP contribution < -0.4 is 5.32 Å². The van der Waals surface area contributed by atoms with Gasteiger partial charge in [0.1, 0.15) is 0 Å². The highest BCUT2D eigenvalue weighted by atomic mass is 16.2. The van der Waals surface area contributed by atoms with E-state index in [9.17, 15) is 4.79 Å². The van der Waals surface area contributed by atoms with Crippen LogP contribution in [-0.2, 0) is 11.2 Å². The first-order valence-electron chi connectivity index (χ1n) is 7.84. The molecule has 1 aromatic carbocycles. The lowest BCUT2D eigenvalue weighted by Crippen LogP contribution is -2.43. The number of fused-ring (bicyclic) bond motifs is 1. The van der Waals surface area contributed by atoms with Gasteiger partial charge in [0.2, 0.25) is 5.91 Å². The third kappa shape index (κ3) is 2.73. The predicted octanol–water partition coefficient (Wildman–Crippen LogP) is 2.66. The minimum Gasteiger partial charge on any atom is -0.334 e. The zero-order valence-electron chi connectivity index (χ0n) is 12.3. The zero-order valence-corrected chi connectivity index (χ0v) is 12.3. The molecule has 0 bridgehead atoms. The maximum atomic E-state index is 12.1. The van der Waals surface area contributed by atoms with E-state index in [1.54, 1.807) is 6.92 Å². The van der Waals surface area contributed by atoms with E-state index >= 15 is 0 Å². The molecule has 0 spiro atoms. The third-order valence-corrected chi connectivity index (χ3v) is 4.70. The molecule has 1 aliphatic carbocycles. The molecule has 2 atom stereocenters. The first-order valence-corrected chi connectivity index (χ1v) is 7.84. The highest BCUT2D eigenvalue weighted by Gasteiger charge is 2.29. The minimum atomic E-state index is 0.209. The number of amides is 1. The molecule has 1 saturated heterocycles. The van der Waals surface area contributed by atoms with Crippen molar-refractivity contribution < 1.29 is 4.79 Å². The molecule has 0 saturated carbocycles. The second kappa shape index (κ2) is 5.96. The molecule has 1 N–H and O–H groups in total. The van der Waals surface area contributed by atoms with Crippen LogP contribution in [0.25, 0.3) is 0 Å². The Balaban J connectivity index is 1.82. The zero-order chi connectivity index (χ0) is 13.9. The average molecular weight is 272 g/mol. The van der Waals surface area contributed by atoms with Crippen LogP contribution in [0.1, 0.15) is 49.8 Å². The summed E-state index contributed by atoms with van der Waals surface area (Å²) in [4.78, 5) is 14.2. The van der Waals surface area contributed by atoms with Gasteiger partial charge in [-0.2, -0.15) is 0 Å². The van der Waals surface area contributed by atoms with E-state index in [1.807, 2.05) is 0 Å². The summed E-state index contributed by atoms with van der Waals surface area (Å²) < 4.78 is 0. The van der Waals surface area contributed by atoms with E-state index < -0.39 is 0 Å². The number of carbonyl (C=O) groups is 1.